The first-order valence-corrected chi connectivity index (χ1v) is 9.13. The average molecular weight is 383 g/mol. The van der Waals surface area contributed by atoms with Gasteiger partial charge in [0.2, 0.25) is 11.8 Å². The van der Waals surface area contributed by atoms with E-state index in [9.17, 15) is 14.4 Å². The number of rotatable bonds is 3. The number of fused-ring (bicyclic) bond motifs is 5. The van der Waals surface area contributed by atoms with Gasteiger partial charge in [-0.3, -0.25) is 14.4 Å². The molecule has 4 atom stereocenters. The number of carbonyl (C=O) groups excluding carboxylic acids is 3. The van der Waals surface area contributed by atoms with Crippen LogP contribution in [-0.2, 0) is 9.59 Å². The number of furan rings is 1. The van der Waals surface area contributed by atoms with Crippen LogP contribution in [-0.4, -0.2) is 17.7 Å². The Morgan fingerprint density at radius 1 is 1.11 bits per heavy atom. The van der Waals surface area contributed by atoms with Crippen LogP contribution in [0, 0.1) is 23.7 Å². The van der Waals surface area contributed by atoms with Gasteiger partial charge in [0.1, 0.15) is 0 Å². The van der Waals surface area contributed by atoms with Gasteiger partial charge >= 0.3 is 0 Å². The molecule has 2 aromatic rings. The standard InChI is InChI=1S/C20H15ClN2O4/c21-13-9-12(5-6-14(13)22-18(24)15-2-1-7-27-15)23-19(25)16-10-3-4-11(8-10)17(16)20(23)26/h1-7,9-11,16-17H,8H2,(H,22,24)/t10-,11-,16-,17-/m0/s1. The highest BCUT2D eigenvalue weighted by Gasteiger charge is 2.59. The van der Waals surface area contributed by atoms with Crippen LogP contribution in [0.25, 0.3) is 0 Å². The van der Waals surface area contributed by atoms with E-state index in [1.54, 1.807) is 24.3 Å². The number of benzene rings is 1. The summed E-state index contributed by atoms with van der Waals surface area (Å²) in [4.78, 5) is 39.1. The molecule has 2 aliphatic carbocycles. The Hall–Kier alpha value is -2.86. The second-order valence-corrected chi connectivity index (χ2v) is 7.51. The van der Waals surface area contributed by atoms with Crippen LogP contribution in [0.2, 0.25) is 5.02 Å². The number of allylic oxidation sites excluding steroid dienone is 2. The van der Waals surface area contributed by atoms with Crippen LogP contribution in [0.3, 0.4) is 0 Å². The minimum Gasteiger partial charge on any atom is -0.459 e. The van der Waals surface area contributed by atoms with Crippen LogP contribution >= 0.6 is 11.6 Å². The Morgan fingerprint density at radius 3 is 2.41 bits per heavy atom. The minimum absolute atomic E-state index is 0.156. The van der Waals surface area contributed by atoms with Crippen molar-refractivity contribution in [1.29, 1.82) is 0 Å². The third kappa shape index (κ3) is 2.36. The third-order valence-electron chi connectivity index (χ3n) is 5.67. The van der Waals surface area contributed by atoms with Gasteiger partial charge in [0.05, 0.1) is 34.5 Å². The monoisotopic (exact) mass is 382 g/mol. The molecule has 2 heterocycles. The Bertz CT molecular complexity index is 967. The smallest absolute Gasteiger partial charge is 0.291 e. The predicted octanol–water partition coefficient (Wildman–Crippen LogP) is 3.50. The Morgan fingerprint density at radius 2 is 1.81 bits per heavy atom. The summed E-state index contributed by atoms with van der Waals surface area (Å²) in [6, 6.07) is 7.89. The number of imide groups is 1. The molecule has 136 valence electrons. The largest absolute Gasteiger partial charge is 0.459 e. The molecule has 1 saturated carbocycles. The van der Waals surface area contributed by atoms with Crippen molar-refractivity contribution in [2.24, 2.45) is 23.7 Å². The number of carbonyl (C=O) groups is 3. The topological polar surface area (TPSA) is 79.6 Å². The van der Waals surface area contributed by atoms with E-state index in [4.69, 9.17) is 16.0 Å². The van der Waals surface area contributed by atoms with Gasteiger partial charge in [-0.15, -0.1) is 0 Å². The van der Waals surface area contributed by atoms with Crippen molar-refractivity contribution >= 4 is 40.7 Å². The van der Waals surface area contributed by atoms with E-state index in [0.717, 1.165) is 6.42 Å². The zero-order valence-corrected chi connectivity index (χ0v) is 14.8. The Kier molecular flexibility index (Phi) is 3.52. The highest BCUT2D eigenvalue weighted by atomic mass is 35.5. The molecule has 3 aliphatic rings. The van der Waals surface area contributed by atoms with Crippen molar-refractivity contribution in [3.63, 3.8) is 0 Å². The first-order chi connectivity index (χ1) is 13.0. The number of halogens is 1. The van der Waals surface area contributed by atoms with Gasteiger partial charge in [0.25, 0.3) is 5.91 Å². The first-order valence-electron chi connectivity index (χ1n) is 8.75. The summed E-state index contributed by atoms with van der Waals surface area (Å²) in [6.45, 7) is 0. The van der Waals surface area contributed by atoms with Gasteiger partial charge in [-0.25, -0.2) is 4.90 Å². The summed E-state index contributed by atoms with van der Waals surface area (Å²) < 4.78 is 5.05. The fourth-order valence-electron chi connectivity index (χ4n) is 4.49. The molecule has 2 fully saturated rings. The molecule has 6 nitrogen and oxygen atoms in total. The maximum absolute atomic E-state index is 12.9. The Labute approximate surface area is 159 Å². The van der Waals surface area contributed by atoms with Crippen molar-refractivity contribution in [2.75, 3.05) is 10.2 Å². The predicted molar refractivity (Wildman–Crippen MR) is 98.3 cm³/mol. The highest BCUT2D eigenvalue weighted by molar-refractivity contribution is 6.34. The molecule has 0 unspecified atom stereocenters. The molecule has 1 aromatic heterocycles. The molecule has 1 saturated heterocycles. The molecule has 2 bridgehead atoms. The molecule has 0 radical (unpaired) electrons. The Balaban J connectivity index is 1.40. The van der Waals surface area contributed by atoms with E-state index in [1.165, 1.54) is 17.2 Å². The molecule has 3 amide bonds. The van der Waals surface area contributed by atoms with E-state index in [2.05, 4.69) is 17.5 Å². The molecule has 27 heavy (non-hydrogen) atoms. The first kappa shape index (κ1) is 16.3. The summed E-state index contributed by atoms with van der Waals surface area (Å²) in [5.41, 5.74) is 0.808. The molecule has 0 spiro atoms. The lowest BCUT2D eigenvalue weighted by Gasteiger charge is -2.18. The summed E-state index contributed by atoms with van der Waals surface area (Å²) in [7, 11) is 0. The number of amides is 3. The molecular weight excluding hydrogens is 368 g/mol. The van der Waals surface area contributed by atoms with Gasteiger partial charge in [-0.05, 0) is 48.6 Å². The van der Waals surface area contributed by atoms with Crippen molar-refractivity contribution in [2.45, 2.75) is 6.42 Å². The van der Waals surface area contributed by atoms with Gasteiger partial charge in [-0.1, -0.05) is 23.8 Å². The van der Waals surface area contributed by atoms with Crippen LogP contribution in [0.1, 0.15) is 17.0 Å². The van der Waals surface area contributed by atoms with Crippen LogP contribution < -0.4 is 10.2 Å². The summed E-state index contributed by atoms with van der Waals surface area (Å²) in [5.74, 6) is -0.798. The number of hydrogen-bond acceptors (Lipinski definition) is 4. The maximum Gasteiger partial charge on any atom is 0.291 e. The van der Waals surface area contributed by atoms with E-state index < -0.39 is 5.91 Å². The quantitative estimate of drug-likeness (QED) is 0.651. The van der Waals surface area contributed by atoms with E-state index in [-0.39, 0.29) is 46.3 Å². The zero-order chi connectivity index (χ0) is 18.7. The van der Waals surface area contributed by atoms with E-state index in [1.807, 2.05) is 0 Å². The summed E-state index contributed by atoms with van der Waals surface area (Å²) in [5, 5.41) is 2.90. The average Bonchev–Trinajstić information content (AvgIpc) is 3.42. The van der Waals surface area contributed by atoms with Crippen LogP contribution in [0.15, 0.2) is 53.2 Å². The molecule has 1 aromatic carbocycles. The van der Waals surface area contributed by atoms with Crippen LogP contribution in [0.5, 0.6) is 0 Å². The lowest BCUT2D eigenvalue weighted by molar-refractivity contribution is -0.123. The summed E-state index contributed by atoms with van der Waals surface area (Å²) in [6.07, 6.45) is 6.41. The molecular formula is C20H15ClN2O4. The van der Waals surface area contributed by atoms with Gasteiger partial charge in [-0.2, -0.15) is 0 Å². The van der Waals surface area contributed by atoms with Gasteiger partial charge in [0.15, 0.2) is 5.76 Å². The number of nitrogens with zero attached hydrogens (tertiary/aromatic N) is 1. The van der Waals surface area contributed by atoms with Crippen molar-refractivity contribution in [3.8, 4) is 0 Å². The van der Waals surface area contributed by atoms with E-state index >= 15 is 0 Å². The number of nitrogens with one attached hydrogen (secondary N) is 1. The normalized spacial score (nSPS) is 28.1. The lowest BCUT2D eigenvalue weighted by atomic mass is 9.85. The summed E-state index contributed by atoms with van der Waals surface area (Å²) >= 11 is 6.29. The third-order valence-corrected chi connectivity index (χ3v) is 5.99. The van der Waals surface area contributed by atoms with Crippen molar-refractivity contribution < 1.29 is 18.8 Å². The molecule has 1 N–H and O–H groups in total. The highest BCUT2D eigenvalue weighted by Crippen LogP contribution is 2.53. The van der Waals surface area contributed by atoms with Crippen molar-refractivity contribution in [1.82, 2.24) is 0 Å². The number of hydrogen-bond donors (Lipinski definition) is 1. The van der Waals surface area contributed by atoms with E-state index in [0.29, 0.717) is 11.4 Å². The van der Waals surface area contributed by atoms with Crippen molar-refractivity contribution in [3.05, 3.63) is 59.5 Å². The molecule has 5 rings (SSSR count). The molecule has 7 heteroatoms. The number of anilines is 2. The SMILES string of the molecule is O=C(Nc1ccc(N2C(=O)[C@@H]3[C@@H](C2=O)[C@H]2C=C[C@H]3C2)cc1Cl)c1ccco1. The lowest BCUT2D eigenvalue weighted by Crippen LogP contribution is -2.32. The van der Waals surface area contributed by atoms with Gasteiger partial charge in [0, 0.05) is 0 Å². The zero-order valence-electron chi connectivity index (χ0n) is 14.1. The van der Waals surface area contributed by atoms with Crippen LogP contribution in [0.4, 0.5) is 11.4 Å². The maximum atomic E-state index is 12.9. The fourth-order valence-corrected chi connectivity index (χ4v) is 4.71. The fraction of sp³-hybridized carbons (Fsp3) is 0.250. The molecule has 1 aliphatic heterocycles. The minimum atomic E-state index is -0.430. The van der Waals surface area contributed by atoms with Gasteiger partial charge < -0.3 is 9.73 Å². The second kappa shape index (κ2) is 5.82. The second-order valence-electron chi connectivity index (χ2n) is 7.11.